The zero-order chi connectivity index (χ0) is 22.6. The lowest BCUT2D eigenvalue weighted by Gasteiger charge is -2.18. The summed E-state index contributed by atoms with van der Waals surface area (Å²) in [5.41, 5.74) is -6.39. The van der Waals surface area contributed by atoms with Crippen LogP contribution in [0.25, 0.3) is 11.0 Å². The summed E-state index contributed by atoms with van der Waals surface area (Å²) < 4.78 is 105. The Morgan fingerprint density at radius 2 is 1.50 bits per heavy atom. The van der Waals surface area contributed by atoms with Crippen molar-refractivity contribution in [1.82, 2.24) is 19.7 Å². The topological polar surface area (TPSA) is 83.5 Å². The van der Waals surface area contributed by atoms with Gasteiger partial charge < -0.3 is 0 Å². The number of aromatic nitrogens is 4. The SMILES string of the molecule is C[C@H](c1ccc(C(F)(F)F)cc1)n1nc(C(F)(F)C(F)(F)F)c2c(=O)[nH]c(=O)[nH]c21. The van der Waals surface area contributed by atoms with E-state index in [0.717, 1.165) is 12.1 Å². The minimum atomic E-state index is -6.10. The molecule has 2 aromatic heterocycles. The Labute approximate surface area is 160 Å². The molecule has 0 bridgehead atoms. The Bertz CT molecular complexity index is 1200. The highest BCUT2D eigenvalue weighted by molar-refractivity contribution is 5.78. The first-order valence-electron chi connectivity index (χ1n) is 8.01. The van der Waals surface area contributed by atoms with E-state index >= 15 is 0 Å². The fourth-order valence-corrected chi connectivity index (χ4v) is 2.80. The molecule has 0 radical (unpaired) electrons. The van der Waals surface area contributed by atoms with Gasteiger partial charge in [-0.1, -0.05) is 12.1 Å². The van der Waals surface area contributed by atoms with Crippen LogP contribution in [0.3, 0.4) is 0 Å². The first-order chi connectivity index (χ1) is 13.6. The lowest BCUT2D eigenvalue weighted by Crippen LogP contribution is -2.35. The van der Waals surface area contributed by atoms with E-state index in [0.29, 0.717) is 16.8 Å². The largest absolute Gasteiger partial charge is 0.459 e. The maximum atomic E-state index is 14.0. The number of aromatic amines is 2. The van der Waals surface area contributed by atoms with E-state index in [9.17, 15) is 44.7 Å². The van der Waals surface area contributed by atoms with E-state index in [1.807, 2.05) is 4.98 Å². The highest BCUT2D eigenvalue weighted by atomic mass is 19.4. The molecule has 3 rings (SSSR count). The van der Waals surface area contributed by atoms with Crippen LogP contribution in [0.5, 0.6) is 0 Å². The number of hydrogen-bond donors (Lipinski definition) is 2. The van der Waals surface area contributed by atoms with Gasteiger partial charge in [0.1, 0.15) is 11.0 Å². The predicted octanol–water partition coefficient (Wildman–Crippen LogP) is 3.70. The number of rotatable bonds is 3. The van der Waals surface area contributed by atoms with Gasteiger partial charge >= 0.3 is 24.0 Å². The molecule has 0 unspecified atom stereocenters. The summed E-state index contributed by atoms with van der Waals surface area (Å²) in [7, 11) is 0. The molecule has 30 heavy (non-hydrogen) atoms. The number of H-pyrrole nitrogens is 2. The Kier molecular flexibility index (Phi) is 4.78. The molecule has 0 aliphatic rings. The van der Waals surface area contributed by atoms with Crippen molar-refractivity contribution in [2.45, 2.75) is 31.2 Å². The van der Waals surface area contributed by atoms with Crippen LogP contribution in [0.1, 0.15) is 29.8 Å². The fraction of sp³-hybridized carbons (Fsp3) is 0.312. The van der Waals surface area contributed by atoms with Gasteiger partial charge in [0.2, 0.25) is 0 Å². The van der Waals surface area contributed by atoms with Crippen LogP contribution in [0.2, 0.25) is 0 Å². The highest BCUT2D eigenvalue weighted by Crippen LogP contribution is 2.45. The van der Waals surface area contributed by atoms with Crippen molar-refractivity contribution in [2.75, 3.05) is 0 Å². The standard InChI is InChI=1S/C16H10F8N4O2/c1-6(7-2-4-8(5-3-7)15(19,20)21)28-11-9(12(29)26-13(30)25-11)10(27-28)14(17,18)16(22,23)24/h2-6H,1H3,(H2,25,26,29,30)/t6-/m1/s1. The molecule has 6 nitrogen and oxygen atoms in total. The second-order valence-electron chi connectivity index (χ2n) is 6.29. The normalized spacial score (nSPS) is 14.3. The van der Waals surface area contributed by atoms with Gasteiger partial charge in [0, 0.05) is 0 Å². The molecule has 0 aliphatic carbocycles. The lowest BCUT2D eigenvalue weighted by atomic mass is 10.1. The zero-order valence-corrected chi connectivity index (χ0v) is 14.6. The number of nitrogens with one attached hydrogen (secondary N) is 2. The van der Waals surface area contributed by atoms with Crippen molar-refractivity contribution in [3.8, 4) is 0 Å². The molecule has 0 saturated carbocycles. The van der Waals surface area contributed by atoms with Crippen molar-refractivity contribution in [3.63, 3.8) is 0 Å². The number of halogens is 8. The Morgan fingerprint density at radius 3 is 2.00 bits per heavy atom. The Morgan fingerprint density at radius 1 is 0.933 bits per heavy atom. The molecule has 0 saturated heterocycles. The summed E-state index contributed by atoms with van der Waals surface area (Å²) in [6, 6.07) is 2.07. The average molecular weight is 442 g/mol. The van der Waals surface area contributed by atoms with Crippen LogP contribution in [-0.4, -0.2) is 25.9 Å². The number of benzene rings is 1. The second-order valence-corrected chi connectivity index (χ2v) is 6.29. The van der Waals surface area contributed by atoms with Crippen molar-refractivity contribution in [3.05, 3.63) is 61.9 Å². The Balaban J connectivity index is 2.24. The van der Waals surface area contributed by atoms with Gasteiger partial charge in [-0.2, -0.15) is 40.2 Å². The average Bonchev–Trinajstić information content (AvgIpc) is 2.99. The number of fused-ring (bicyclic) bond motifs is 1. The molecule has 14 heteroatoms. The van der Waals surface area contributed by atoms with Crippen LogP contribution in [0.4, 0.5) is 35.1 Å². The van der Waals surface area contributed by atoms with Crippen molar-refractivity contribution in [1.29, 1.82) is 0 Å². The lowest BCUT2D eigenvalue weighted by molar-refractivity contribution is -0.290. The Hall–Kier alpha value is -3.19. The predicted molar refractivity (Wildman–Crippen MR) is 86.2 cm³/mol. The van der Waals surface area contributed by atoms with Gasteiger partial charge in [0.15, 0.2) is 5.69 Å². The number of nitrogens with zero attached hydrogens (tertiary/aromatic N) is 2. The summed E-state index contributed by atoms with van der Waals surface area (Å²) in [6.07, 6.45) is -10.8. The van der Waals surface area contributed by atoms with Crippen molar-refractivity contribution in [2.24, 2.45) is 0 Å². The molecular formula is C16H10F8N4O2. The third-order valence-corrected chi connectivity index (χ3v) is 4.34. The van der Waals surface area contributed by atoms with Gasteiger partial charge in [0.05, 0.1) is 11.6 Å². The van der Waals surface area contributed by atoms with Crippen molar-refractivity contribution >= 4 is 11.0 Å². The zero-order valence-electron chi connectivity index (χ0n) is 14.6. The molecule has 0 aliphatic heterocycles. The van der Waals surface area contributed by atoms with Crippen LogP contribution < -0.4 is 11.2 Å². The molecule has 2 heterocycles. The van der Waals surface area contributed by atoms with E-state index in [4.69, 9.17) is 0 Å². The molecule has 0 amide bonds. The van der Waals surface area contributed by atoms with E-state index in [-0.39, 0.29) is 5.56 Å². The van der Waals surface area contributed by atoms with Gasteiger partial charge in [-0.3, -0.25) is 14.8 Å². The second kappa shape index (κ2) is 6.67. The minimum Gasteiger partial charge on any atom is -0.291 e. The summed E-state index contributed by atoms with van der Waals surface area (Å²) in [5, 5.41) is 2.01. The highest BCUT2D eigenvalue weighted by Gasteiger charge is 2.61. The summed E-state index contributed by atoms with van der Waals surface area (Å²) in [4.78, 5) is 27.0. The molecule has 1 atom stereocenters. The van der Waals surface area contributed by atoms with Crippen molar-refractivity contribution < 1.29 is 35.1 Å². The van der Waals surface area contributed by atoms with Gasteiger partial charge in [-0.05, 0) is 24.6 Å². The smallest absolute Gasteiger partial charge is 0.291 e. The summed E-state index contributed by atoms with van der Waals surface area (Å²) >= 11 is 0. The molecule has 3 aromatic rings. The molecule has 0 fully saturated rings. The first kappa shape index (κ1) is 21.5. The van der Waals surface area contributed by atoms with E-state index in [2.05, 4.69) is 5.10 Å². The van der Waals surface area contributed by atoms with Crippen LogP contribution in [0, 0.1) is 0 Å². The molecule has 2 N–H and O–H groups in total. The quantitative estimate of drug-likeness (QED) is 0.607. The number of alkyl halides is 8. The van der Waals surface area contributed by atoms with E-state index in [1.54, 1.807) is 4.98 Å². The van der Waals surface area contributed by atoms with Crippen LogP contribution in [-0.2, 0) is 12.1 Å². The van der Waals surface area contributed by atoms with Gasteiger partial charge in [0.25, 0.3) is 5.56 Å². The maximum absolute atomic E-state index is 14.0. The molecular weight excluding hydrogens is 432 g/mol. The van der Waals surface area contributed by atoms with Crippen LogP contribution >= 0.6 is 0 Å². The molecule has 1 aromatic carbocycles. The fourth-order valence-electron chi connectivity index (χ4n) is 2.80. The van der Waals surface area contributed by atoms with E-state index in [1.165, 1.54) is 6.92 Å². The molecule has 0 spiro atoms. The summed E-state index contributed by atoms with van der Waals surface area (Å²) in [5.74, 6) is -5.54. The minimum absolute atomic E-state index is 0.0374. The molecule has 162 valence electrons. The van der Waals surface area contributed by atoms with Crippen LogP contribution in [0.15, 0.2) is 33.9 Å². The summed E-state index contributed by atoms with van der Waals surface area (Å²) in [6.45, 7) is 1.23. The van der Waals surface area contributed by atoms with Gasteiger partial charge in [-0.15, -0.1) is 0 Å². The first-order valence-corrected chi connectivity index (χ1v) is 8.01. The maximum Gasteiger partial charge on any atom is 0.459 e. The monoisotopic (exact) mass is 442 g/mol. The van der Waals surface area contributed by atoms with Gasteiger partial charge in [-0.25, -0.2) is 9.48 Å². The third kappa shape index (κ3) is 3.45. The van der Waals surface area contributed by atoms with E-state index < -0.39 is 57.9 Å². The number of hydrogen-bond acceptors (Lipinski definition) is 3. The third-order valence-electron chi connectivity index (χ3n) is 4.34.